The van der Waals surface area contributed by atoms with Crippen LogP contribution in [0.5, 0.6) is 0 Å². The fraction of sp³-hybridized carbons (Fsp3) is 0.500. The summed E-state index contributed by atoms with van der Waals surface area (Å²) in [4.78, 5) is 0. The molecule has 5 heteroatoms. The molecule has 0 saturated heterocycles. The van der Waals surface area contributed by atoms with Crippen molar-refractivity contribution in [3.05, 3.63) is 90.5 Å². The van der Waals surface area contributed by atoms with E-state index in [-0.39, 0.29) is 18.7 Å². The molecule has 3 aromatic rings. The predicted octanol–water partition coefficient (Wildman–Crippen LogP) is 8.69. The van der Waals surface area contributed by atoms with Gasteiger partial charge in [-0.1, -0.05) is 131 Å². The van der Waals surface area contributed by atoms with Crippen molar-refractivity contribution in [2.45, 2.75) is 107 Å². The molecule has 0 aliphatic heterocycles. The van der Waals surface area contributed by atoms with Gasteiger partial charge in [0.25, 0.3) is 0 Å². The highest BCUT2D eigenvalue weighted by Crippen LogP contribution is 2.56. The van der Waals surface area contributed by atoms with Gasteiger partial charge in [-0.05, 0) is 93.3 Å². The minimum Gasteiger partial charge on any atom is -0.242 e. The van der Waals surface area contributed by atoms with E-state index >= 15 is 0 Å². The Morgan fingerprint density at radius 1 is 0.707 bits per heavy atom. The normalized spacial score (nSPS) is 19.0. The molecule has 41 heavy (non-hydrogen) atoms. The third kappa shape index (κ3) is 8.17. The fourth-order valence-electron chi connectivity index (χ4n) is 6.69. The van der Waals surface area contributed by atoms with E-state index in [1.807, 2.05) is 0 Å². The third-order valence-electron chi connectivity index (χ3n) is 8.83. The largest absolute Gasteiger partial charge is 0.242 e. The molecule has 2 fully saturated rings. The zero-order valence-corrected chi connectivity index (χ0v) is 27.9. The van der Waals surface area contributed by atoms with E-state index < -0.39 is 18.9 Å². The van der Waals surface area contributed by atoms with Crippen molar-refractivity contribution in [3.63, 3.8) is 0 Å². The number of benzene rings is 3. The van der Waals surface area contributed by atoms with Gasteiger partial charge in [0.15, 0.2) is 0 Å². The lowest BCUT2D eigenvalue weighted by Crippen LogP contribution is -2.39. The van der Waals surface area contributed by atoms with Crippen LogP contribution in [0.25, 0.3) is 0 Å². The van der Waals surface area contributed by atoms with Gasteiger partial charge in [0, 0.05) is 6.04 Å². The Bertz CT molecular complexity index is 1180. The van der Waals surface area contributed by atoms with Crippen molar-refractivity contribution in [2.24, 2.45) is 0 Å². The minimum atomic E-state index is -1.16. The topological polar surface area (TPSA) is 29.1 Å². The Labute approximate surface area is 254 Å². The average Bonchev–Trinajstić information content (AvgIpc) is 3.01. The molecule has 0 amide bonds. The Hall–Kier alpha value is -1.37. The van der Waals surface area contributed by atoms with Gasteiger partial charge < -0.3 is 0 Å². The number of nitrogens with one attached hydrogen (secondary N) is 1. The van der Waals surface area contributed by atoms with E-state index in [0.717, 1.165) is 17.5 Å². The zero-order valence-electron chi connectivity index (χ0n) is 25.3. The van der Waals surface area contributed by atoms with Crippen molar-refractivity contribution in [2.75, 3.05) is 6.16 Å². The first-order valence-electron chi connectivity index (χ1n) is 15.8. The van der Waals surface area contributed by atoms with Crippen LogP contribution >= 0.6 is 15.8 Å². The van der Waals surface area contributed by atoms with E-state index in [1.165, 1.54) is 80.4 Å². The van der Waals surface area contributed by atoms with Gasteiger partial charge >= 0.3 is 0 Å². The highest BCUT2D eigenvalue weighted by atomic mass is 32.2. The maximum Gasteiger partial charge on any atom is 0.0976 e. The van der Waals surface area contributed by atoms with Crippen LogP contribution in [-0.4, -0.2) is 26.4 Å². The van der Waals surface area contributed by atoms with Gasteiger partial charge in [0.1, 0.15) is 0 Å². The quantitative estimate of drug-likeness (QED) is 0.230. The van der Waals surface area contributed by atoms with Gasteiger partial charge in [-0.3, -0.25) is 0 Å². The molecule has 0 aromatic heterocycles. The Morgan fingerprint density at radius 3 is 1.66 bits per heavy atom. The Balaban J connectivity index is 1.59. The van der Waals surface area contributed by atoms with Gasteiger partial charge in [-0.2, -0.15) is 0 Å². The lowest BCUT2D eigenvalue weighted by atomic mass is 9.99. The molecule has 2 aliphatic rings. The van der Waals surface area contributed by atoms with Crippen molar-refractivity contribution in [1.29, 1.82) is 0 Å². The van der Waals surface area contributed by atoms with Crippen LogP contribution < -0.4 is 20.6 Å². The molecule has 0 bridgehead atoms. The Morgan fingerprint density at radius 2 is 1.17 bits per heavy atom. The van der Waals surface area contributed by atoms with Gasteiger partial charge in [-0.15, -0.1) is 0 Å². The standard InChI is InChI=1S/C36H49NOP2S/c1-36(2,3)41(38)37-34(28-39(29-18-8-4-9-19-29)30-20-10-5-11-21-30)33-26-16-17-27-35(33)40(31-22-12-6-13-23-31)32-24-14-7-15-25-32/h4-5,8-11,16-21,26-27,31-32,34,37H,6-7,12-15,22-25,28H2,1-3H3/t34-,41-/m1/s1. The highest BCUT2D eigenvalue weighted by Gasteiger charge is 2.36. The molecule has 0 radical (unpaired) electrons. The number of hydrogen-bond acceptors (Lipinski definition) is 1. The van der Waals surface area contributed by atoms with E-state index in [4.69, 9.17) is 0 Å². The molecule has 2 aliphatic carbocycles. The lowest BCUT2D eigenvalue weighted by molar-refractivity contribution is 0.487. The van der Waals surface area contributed by atoms with Crippen molar-refractivity contribution < 1.29 is 4.21 Å². The SMILES string of the molecule is CC(C)(C)[S@@](=O)N[C@H](CP(c1ccccc1)c1ccccc1)c1ccccc1P(C1CCCCC1)C1CCCCC1. The first-order valence-corrected chi connectivity index (χ1v) is 20.0. The van der Waals surface area contributed by atoms with Crippen LogP contribution in [0.15, 0.2) is 84.9 Å². The molecular formula is C36H49NOP2S. The number of rotatable bonds is 10. The third-order valence-corrected chi connectivity index (χ3v) is 16.6. The summed E-state index contributed by atoms with van der Waals surface area (Å²) in [5, 5.41) is 4.39. The first kappa shape index (κ1) is 31.1. The molecule has 220 valence electrons. The zero-order chi connectivity index (χ0) is 28.7. The molecule has 2 atom stereocenters. The van der Waals surface area contributed by atoms with Crippen LogP contribution in [0.3, 0.4) is 0 Å². The van der Waals surface area contributed by atoms with Gasteiger partial charge in [-0.25, -0.2) is 8.93 Å². The van der Waals surface area contributed by atoms with E-state index in [0.29, 0.717) is 0 Å². The molecule has 3 aromatic carbocycles. The second-order valence-corrected chi connectivity index (χ2v) is 19.9. The first-order chi connectivity index (χ1) is 19.9. The van der Waals surface area contributed by atoms with Crippen molar-refractivity contribution in [3.8, 4) is 0 Å². The summed E-state index contributed by atoms with van der Waals surface area (Å²) in [6, 6.07) is 31.5. The summed E-state index contributed by atoms with van der Waals surface area (Å²) in [5.41, 5.74) is 3.09. The second kappa shape index (κ2) is 14.9. The summed E-state index contributed by atoms with van der Waals surface area (Å²) in [6.45, 7) is 6.27. The van der Waals surface area contributed by atoms with Crippen LogP contribution in [0.2, 0.25) is 0 Å². The fourth-order valence-corrected chi connectivity index (χ4v) is 14.1. The summed E-state index contributed by atoms with van der Waals surface area (Å²) in [5.74, 6) is 0. The molecular weight excluding hydrogens is 556 g/mol. The maximum atomic E-state index is 13.8. The summed E-state index contributed by atoms with van der Waals surface area (Å²) in [6.07, 6.45) is 14.9. The van der Waals surface area contributed by atoms with E-state index in [9.17, 15) is 4.21 Å². The molecule has 2 nitrogen and oxygen atoms in total. The van der Waals surface area contributed by atoms with E-state index in [1.54, 1.807) is 5.30 Å². The number of hydrogen-bond donors (Lipinski definition) is 1. The molecule has 0 spiro atoms. The van der Waals surface area contributed by atoms with Gasteiger partial charge in [0.2, 0.25) is 0 Å². The molecule has 0 heterocycles. The second-order valence-electron chi connectivity index (χ2n) is 12.9. The van der Waals surface area contributed by atoms with Crippen LogP contribution in [0.1, 0.15) is 96.6 Å². The Kier molecular flexibility index (Phi) is 11.3. The highest BCUT2D eigenvalue weighted by molar-refractivity contribution is 7.84. The van der Waals surface area contributed by atoms with Crippen LogP contribution in [0, 0.1) is 0 Å². The smallest absolute Gasteiger partial charge is 0.0976 e. The molecule has 5 rings (SSSR count). The molecule has 2 saturated carbocycles. The minimum absolute atomic E-state index is 0.0370. The summed E-state index contributed by atoms with van der Waals surface area (Å²) >= 11 is 0. The molecule has 0 unspecified atom stereocenters. The average molecular weight is 606 g/mol. The predicted molar refractivity (Wildman–Crippen MR) is 184 cm³/mol. The van der Waals surface area contributed by atoms with Crippen LogP contribution in [0.4, 0.5) is 0 Å². The molecule has 1 N–H and O–H groups in total. The monoisotopic (exact) mass is 605 g/mol. The van der Waals surface area contributed by atoms with Crippen molar-refractivity contribution >= 4 is 42.7 Å². The van der Waals surface area contributed by atoms with E-state index in [2.05, 4.69) is 110 Å². The van der Waals surface area contributed by atoms with Crippen LogP contribution in [-0.2, 0) is 11.0 Å². The maximum absolute atomic E-state index is 13.8. The summed E-state index contributed by atoms with van der Waals surface area (Å²) in [7, 11) is -2.05. The summed E-state index contributed by atoms with van der Waals surface area (Å²) < 4.78 is 17.2. The van der Waals surface area contributed by atoms with Gasteiger partial charge in [0.05, 0.1) is 15.7 Å². The lowest BCUT2D eigenvalue weighted by Gasteiger charge is -2.40. The van der Waals surface area contributed by atoms with Crippen molar-refractivity contribution in [1.82, 2.24) is 4.72 Å².